The SMILES string of the molecule is COc1cc2occ(-c3ccc(C(C)(C)C)cc3)c2cc1OC. The molecule has 0 spiro atoms. The van der Waals surface area contributed by atoms with Crippen LogP contribution in [-0.4, -0.2) is 14.2 Å². The van der Waals surface area contributed by atoms with Gasteiger partial charge in [0.1, 0.15) is 5.58 Å². The maximum Gasteiger partial charge on any atom is 0.164 e. The van der Waals surface area contributed by atoms with Crippen molar-refractivity contribution in [3.8, 4) is 22.6 Å². The average Bonchev–Trinajstić information content (AvgIpc) is 2.95. The van der Waals surface area contributed by atoms with E-state index in [1.165, 1.54) is 5.56 Å². The van der Waals surface area contributed by atoms with Crippen LogP contribution < -0.4 is 9.47 Å². The van der Waals surface area contributed by atoms with Gasteiger partial charge in [-0.2, -0.15) is 0 Å². The lowest BCUT2D eigenvalue weighted by atomic mass is 9.86. The van der Waals surface area contributed by atoms with E-state index in [1.54, 1.807) is 20.5 Å². The van der Waals surface area contributed by atoms with Gasteiger partial charge in [0.2, 0.25) is 0 Å². The molecule has 0 aliphatic heterocycles. The van der Waals surface area contributed by atoms with Crippen LogP contribution in [0.2, 0.25) is 0 Å². The van der Waals surface area contributed by atoms with Crippen LogP contribution >= 0.6 is 0 Å². The monoisotopic (exact) mass is 310 g/mol. The second-order valence-electron chi connectivity index (χ2n) is 6.68. The van der Waals surface area contributed by atoms with Crippen LogP contribution in [0.3, 0.4) is 0 Å². The zero-order valence-corrected chi connectivity index (χ0v) is 14.3. The third-order valence-electron chi connectivity index (χ3n) is 4.14. The summed E-state index contributed by atoms with van der Waals surface area (Å²) in [6, 6.07) is 12.5. The highest BCUT2D eigenvalue weighted by atomic mass is 16.5. The standard InChI is InChI=1S/C20H22O3/c1-20(2,3)14-8-6-13(7-9-14)16-12-23-17-11-19(22-5)18(21-4)10-15(16)17/h6-12H,1-5H3. The van der Waals surface area contributed by atoms with Gasteiger partial charge in [0.15, 0.2) is 11.5 Å². The highest BCUT2D eigenvalue weighted by molar-refractivity contribution is 5.95. The molecule has 1 aromatic heterocycles. The molecule has 0 saturated carbocycles. The fourth-order valence-electron chi connectivity index (χ4n) is 2.73. The third-order valence-corrected chi connectivity index (χ3v) is 4.14. The molecule has 120 valence electrons. The molecule has 0 bridgehead atoms. The van der Waals surface area contributed by atoms with E-state index in [0.717, 1.165) is 22.1 Å². The highest BCUT2D eigenvalue weighted by Gasteiger charge is 2.16. The van der Waals surface area contributed by atoms with Crippen molar-refractivity contribution in [1.82, 2.24) is 0 Å². The first-order valence-corrected chi connectivity index (χ1v) is 7.68. The van der Waals surface area contributed by atoms with Gasteiger partial charge in [0, 0.05) is 17.0 Å². The van der Waals surface area contributed by atoms with Crippen molar-refractivity contribution in [2.45, 2.75) is 26.2 Å². The van der Waals surface area contributed by atoms with E-state index in [4.69, 9.17) is 13.9 Å². The van der Waals surface area contributed by atoms with Crippen molar-refractivity contribution < 1.29 is 13.9 Å². The second-order valence-corrected chi connectivity index (χ2v) is 6.68. The smallest absolute Gasteiger partial charge is 0.164 e. The van der Waals surface area contributed by atoms with Crippen LogP contribution in [0, 0.1) is 0 Å². The minimum atomic E-state index is 0.146. The zero-order valence-electron chi connectivity index (χ0n) is 14.3. The van der Waals surface area contributed by atoms with Crippen molar-refractivity contribution >= 4 is 11.0 Å². The number of furan rings is 1. The quantitative estimate of drug-likeness (QED) is 0.648. The molecular formula is C20H22O3. The zero-order chi connectivity index (χ0) is 16.6. The first kappa shape index (κ1) is 15.5. The van der Waals surface area contributed by atoms with Gasteiger partial charge in [0.25, 0.3) is 0 Å². The summed E-state index contributed by atoms with van der Waals surface area (Å²) < 4.78 is 16.4. The number of hydrogen-bond donors (Lipinski definition) is 0. The average molecular weight is 310 g/mol. The molecule has 0 unspecified atom stereocenters. The Labute approximate surface area is 136 Å². The Balaban J connectivity index is 2.10. The van der Waals surface area contributed by atoms with Crippen LogP contribution in [-0.2, 0) is 5.41 Å². The number of fused-ring (bicyclic) bond motifs is 1. The Bertz CT molecular complexity index is 820. The molecule has 3 nitrogen and oxygen atoms in total. The normalized spacial score (nSPS) is 11.7. The van der Waals surface area contributed by atoms with Crippen LogP contribution in [0.25, 0.3) is 22.1 Å². The van der Waals surface area contributed by atoms with E-state index >= 15 is 0 Å². The Hall–Kier alpha value is -2.42. The van der Waals surface area contributed by atoms with Gasteiger partial charge in [-0.05, 0) is 22.6 Å². The lowest BCUT2D eigenvalue weighted by Crippen LogP contribution is -2.10. The van der Waals surface area contributed by atoms with Crippen molar-refractivity contribution in [2.24, 2.45) is 0 Å². The first-order chi connectivity index (χ1) is 10.9. The van der Waals surface area contributed by atoms with E-state index in [2.05, 4.69) is 45.0 Å². The summed E-state index contributed by atoms with van der Waals surface area (Å²) in [5, 5.41) is 1.02. The fraction of sp³-hybridized carbons (Fsp3) is 0.300. The summed E-state index contributed by atoms with van der Waals surface area (Å²) in [7, 11) is 3.26. The first-order valence-electron chi connectivity index (χ1n) is 7.68. The van der Waals surface area contributed by atoms with Crippen LogP contribution in [0.15, 0.2) is 47.1 Å². The van der Waals surface area contributed by atoms with Crippen molar-refractivity contribution in [2.75, 3.05) is 14.2 Å². The number of methoxy groups -OCH3 is 2. The minimum absolute atomic E-state index is 0.146. The van der Waals surface area contributed by atoms with E-state index < -0.39 is 0 Å². The lowest BCUT2D eigenvalue weighted by Gasteiger charge is -2.19. The number of rotatable bonds is 3. The summed E-state index contributed by atoms with van der Waals surface area (Å²) in [4.78, 5) is 0. The molecule has 0 radical (unpaired) electrons. The fourth-order valence-corrected chi connectivity index (χ4v) is 2.73. The van der Waals surface area contributed by atoms with Gasteiger partial charge in [-0.15, -0.1) is 0 Å². The molecule has 0 N–H and O–H groups in total. The predicted octanol–water partition coefficient (Wildman–Crippen LogP) is 5.41. The molecular weight excluding hydrogens is 288 g/mol. The van der Waals surface area contributed by atoms with E-state index in [-0.39, 0.29) is 5.41 Å². The molecule has 0 aliphatic rings. The van der Waals surface area contributed by atoms with Crippen LogP contribution in [0.1, 0.15) is 26.3 Å². The van der Waals surface area contributed by atoms with Gasteiger partial charge < -0.3 is 13.9 Å². The highest BCUT2D eigenvalue weighted by Crippen LogP contribution is 2.38. The number of benzene rings is 2. The Morgan fingerprint density at radius 3 is 2.04 bits per heavy atom. The second kappa shape index (κ2) is 5.65. The summed E-state index contributed by atoms with van der Waals surface area (Å²) in [6.07, 6.45) is 1.79. The Morgan fingerprint density at radius 2 is 1.48 bits per heavy atom. The predicted molar refractivity (Wildman–Crippen MR) is 93.5 cm³/mol. The van der Waals surface area contributed by atoms with Gasteiger partial charge in [-0.3, -0.25) is 0 Å². The van der Waals surface area contributed by atoms with Gasteiger partial charge in [-0.1, -0.05) is 45.0 Å². The molecule has 0 amide bonds. The third kappa shape index (κ3) is 2.79. The van der Waals surface area contributed by atoms with E-state index in [1.807, 2.05) is 12.1 Å². The maximum atomic E-state index is 5.71. The molecule has 23 heavy (non-hydrogen) atoms. The maximum absolute atomic E-state index is 5.71. The van der Waals surface area contributed by atoms with E-state index in [9.17, 15) is 0 Å². The van der Waals surface area contributed by atoms with Crippen LogP contribution in [0.4, 0.5) is 0 Å². The molecule has 1 heterocycles. The van der Waals surface area contributed by atoms with Gasteiger partial charge in [0.05, 0.1) is 20.5 Å². The molecule has 0 fully saturated rings. The minimum Gasteiger partial charge on any atom is -0.493 e. The summed E-state index contributed by atoms with van der Waals surface area (Å²) in [6.45, 7) is 6.64. The number of ether oxygens (including phenoxy) is 2. The molecule has 2 aromatic carbocycles. The molecule has 0 saturated heterocycles. The lowest BCUT2D eigenvalue weighted by molar-refractivity contribution is 0.355. The molecule has 0 aliphatic carbocycles. The van der Waals surface area contributed by atoms with Gasteiger partial charge in [-0.25, -0.2) is 0 Å². The van der Waals surface area contributed by atoms with Crippen molar-refractivity contribution in [3.63, 3.8) is 0 Å². The van der Waals surface area contributed by atoms with E-state index in [0.29, 0.717) is 11.5 Å². The summed E-state index contributed by atoms with van der Waals surface area (Å²) in [5.74, 6) is 1.37. The Morgan fingerprint density at radius 1 is 0.870 bits per heavy atom. The number of hydrogen-bond acceptors (Lipinski definition) is 3. The van der Waals surface area contributed by atoms with Gasteiger partial charge >= 0.3 is 0 Å². The molecule has 3 heteroatoms. The molecule has 3 aromatic rings. The van der Waals surface area contributed by atoms with Crippen molar-refractivity contribution in [1.29, 1.82) is 0 Å². The van der Waals surface area contributed by atoms with Crippen LogP contribution in [0.5, 0.6) is 11.5 Å². The summed E-state index contributed by atoms with van der Waals surface area (Å²) in [5.41, 5.74) is 4.43. The topological polar surface area (TPSA) is 31.6 Å². The van der Waals surface area contributed by atoms with Crippen molar-refractivity contribution in [3.05, 3.63) is 48.2 Å². The molecule has 3 rings (SSSR count). The summed E-state index contributed by atoms with van der Waals surface area (Å²) >= 11 is 0. The molecule has 0 atom stereocenters. The Kier molecular flexibility index (Phi) is 3.80. The largest absolute Gasteiger partial charge is 0.493 e.